The van der Waals surface area contributed by atoms with Gasteiger partial charge in [0.05, 0.1) is 0 Å². The normalized spacial score (nSPS) is 12.5. The predicted octanol–water partition coefficient (Wildman–Crippen LogP) is 1.96. The molecule has 1 heterocycles. The molecule has 1 aromatic rings. The second-order valence-corrected chi connectivity index (χ2v) is 4.17. The van der Waals surface area contributed by atoms with Gasteiger partial charge in [-0.2, -0.15) is 21.6 Å². The highest BCUT2D eigenvalue weighted by Gasteiger charge is 2.48. The number of aromatic nitrogens is 1. The summed E-state index contributed by atoms with van der Waals surface area (Å²) in [6.45, 7) is 0. The van der Waals surface area contributed by atoms with Crippen molar-refractivity contribution in [3.05, 3.63) is 23.5 Å². The number of rotatable bonds is 2. The summed E-state index contributed by atoms with van der Waals surface area (Å²) in [7, 11) is -5.70. The van der Waals surface area contributed by atoms with Gasteiger partial charge >= 0.3 is 15.6 Å². The van der Waals surface area contributed by atoms with Crippen LogP contribution in [0.15, 0.2) is 18.3 Å². The van der Waals surface area contributed by atoms with Gasteiger partial charge in [0.1, 0.15) is 0 Å². The maximum absolute atomic E-state index is 11.9. The van der Waals surface area contributed by atoms with Gasteiger partial charge in [0.25, 0.3) is 0 Å². The van der Waals surface area contributed by atoms with Gasteiger partial charge < -0.3 is 4.18 Å². The maximum Gasteiger partial charge on any atom is 0.534 e. The molecule has 0 aliphatic rings. The molecular formula is C6H3ClF3NO3S. The average Bonchev–Trinajstić information content (AvgIpc) is 2.06. The SMILES string of the molecule is O=S(=O)(Oc1cccnc1Cl)C(F)(F)F. The Morgan fingerprint density at radius 1 is 1.40 bits per heavy atom. The lowest BCUT2D eigenvalue weighted by Crippen LogP contribution is -2.28. The Labute approximate surface area is 87.8 Å². The van der Waals surface area contributed by atoms with Gasteiger partial charge in [-0.15, -0.1) is 0 Å². The lowest BCUT2D eigenvalue weighted by atomic mass is 10.5. The molecule has 0 aliphatic heterocycles. The van der Waals surface area contributed by atoms with Crippen molar-refractivity contribution in [2.75, 3.05) is 0 Å². The van der Waals surface area contributed by atoms with Crippen LogP contribution in [0.4, 0.5) is 13.2 Å². The van der Waals surface area contributed by atoms with Gasteiger partial charge in [-0.1, -0.05) is 11.6 Å². The second-order valence-electron chi connectivity index (χ2n) is 2.28. The summed E-state index contributed by atoms with van der Waals surface area (Å²) in [4.78, 5) is 3.35. The fraction of sp³-hybridized carbons (Fsp3) is 0.167. The first-order valence-electron chi connectivity index (χ1n) is 3.35. The molecule has 0 amide bonds. The first-order valence-corrected chi connectivity index (χ1v) is 5.14. The third-order valence-electron chi connectivity index (χ3n) is 1.21. The third-order valence-corrected chi connectivity index (χ3v) is 2.46. The molecule has 0 bridgehead atoms. The first-order chi connectivity index (χ1) is 6.74. The van der Waals surface area contributed by atoms with Gasteiger partial charge in [0, 0.05) is 6.20 Å². The molecule has 1 aromatic heterocycles. The molecule has 9 heteroatoms. The minimum Gasteiger partial charge on any atom is -0.373 e. The third kappa shape index (κ3) is 2.72. The van der Waals surface area contributed by atoms with E-state index in [9.17, 15) is 21.6 Å². The summed E-state index contributed by atoms with van der Waals surface area (Å²) < 4.78 is 60.5. The Morgan fingerprint density at radius 2 is 2.00 bits per heavy atom. The number of hydrogen-bond acceptors (Lipinski definition) is 4. The molecule has 0 saturated carbocycles. The van der Waals surface area contributed by atoms with Crippen LogP contribution in [0.1, 0.15) is 0 Å². The molecule has 0 radical (unpaired) electrons. The van der Waals surface area contributed by atoms with Crippen LogP contribution in [-0.4, -0.2) is 18.9 Å². The molecule has 0 fully saturated rings. The number of alkyl halides is 3. The van der Waals surface area contributed by atoms with Crippen LogP contribution < -0.4 is 4.18 Å². The quantitative estimate of drug-likeness (QED) is 0.464. The van der Waals surface area contributed by atoms with E-state index in [4.69, 9.17) is 11.6 Å². The minimum absolute atomic E-state index is 0.467. The molecule has 0 unspecified atom stereocenters. The zero-order valence-electron chi connectivity index (χ0n) is 6.82. The van der Waals surface area contributed by atoms with E-state index in [2.05, 4.69) is 9.17 Å². The molecule has 84 valence electrons. The van der Waals surface area contributed by atoms with Gasteiger partial charge in [-0.25, -0.2) is 4.98 Å². The van der Waals surface area contributed by atoms with Crippen molar-refractivity contribution in [3.63, 3.8) is 0 Å². The van der Waals surface area contributed by atoms with E-state index in [0.29, 0.717) is 0 Å². The number of hydrogen-bond donors (Lipinski definition) is 0. The van der Waals surface area contributed by atoms with Crippen molar-refractivity contribution in [1.29, 1.82) is 0 Å². The Bertz CT molecular complexity index is 459. The van der Waals surface area contributed by atoms with E-state index < -0.39 is 26.5 Å². The van der Waals surface area contributed by atoms with Gasteiger partial charge in [-0.05, 0) is 12.1 Å². The summed E-state index contributed by atoms with van der Waals surface area (Å²) in [6, 6.07) is 2.14. The van der Waals surface area contributed by atoms with E-state index in [0.717, 1.165) is 6.07 Å². The van der Waals surface area contributed by atoms with Crippen molar-refractivity contribution in [1.82, 2.24) is 4.98 Å². The zero-order chi connectivity index (χ0) is 11.7. The van der Waals surface area contributed by atoms with Crippen LogP contribution in [0.5, 0.6) is 5.75 Å². The highest BCUT2D eigenvalue weighted by atomic mass is 35.5. The summed E-state index contributed by atoms with van der Waals surface area (Å²) in [5, 5.41) is -0.467. The fourth-order valence-electron chi connectivity index (χ4n) is 0.599. The Hall–Kier alpha value is -1.02. The number of nitrogens with zero attached hydrogens (tertiary/aromatic N) is 1. The van der Waals surface area contributed by atoms with E-state index in [1.165, 1.54) is 12.3 Å². The summed E-state index contributed by atoms with van der Waals surface area (Å²) in [6.07, 6.45) is 1.18. The number of halogens is 4. The topological polar surface area (TPSA) is 56.3 Å². The fourth-order valence-corrected chi connectivity index (χ4v) is 1.27. The van der Waals surface area contributed by atoms with Gasteiger partial charge in [0.2, 0.25) is 0 Å². The molecule has 1 rings (SSSR count). The van der Waals surface area contributed by atoms with Gasteiger partial charge in [-0.3, -0.25) is 0 Å². The van der Waals surface area contributed by atoms with Crippen LogP contribution in [0.25, 0.3) is 0 Å². The van der Waals surface area contributed by atoms with E-state index in [1.54, 1.807) is 0 Å². The van der Waals surface area contributed by atoms with Crippen LogP contribution in [-0.2, 0) is 10.1 Å². The molecule has 0 saturated heterocycles. The van der Waals surface area contributed by atoms with E-state index in [-0.39, 0.29) is 0 Å². The Balaban J connectivity index is 3.03. The Kier molecular flexibility index (Phi) is 3.10. The minimum atomic E-state index is -5.70. The molecule has 4 nitrogen and oxygen atoms in total. The van der Waals surface area contributed by atoms with Crippen LogP contribution in [0.2, 0.25) is 5.15 Å². The highest BCUT2D eigenvalue weighted by Crippen LogP contribution is 2.29. The molecule has 0 aromatic carbocycles. The molecule has 0 spiro atoms. The molecule has 0 N–H and O–H groups in total. The van der Waals surface area contributed by atoms with Crippen molar-refractivity contribution >= 4 is 21.7 Å². The van der Waals surface area contributed by atoms with Crippen molar-refractivity contribution in [2.45, 2.75) is 5.51 Å². The molecule has 0 aliphatic carbocycles. The summed E-state index contributed by atoms with van der Waals surface area (Å²) in [5.74, 6) is -0.670. The lowest BCUT2D eigenvalue weighted by molar-refractivity contribution is -0.0500. The zero-order valence-corrected chi connectivity index (χ0v) is 8.40. The molecule has 0 atom stereocenters. The van der Waals surface area contributed by atoms with E-state index >= 15 is 0 Å². The monoisotopic (exact) mass is 261 g/mol. The Morgan fingerprint density at radius 3 is 2.47 bits per heavy atom. The van der Waals surface area contributed by atoms with Crippen LogP contribution >= 0.6 is 11.6 Å². The molecular weight excluding hydrogens is 259 g/mol. The van der Waals surface area contributed by atoms with Crippen molar-refractivity contribution in [3.8, 4) is 5.75 Å². The standard InChI is InChI=1S/C6H3ClF3NO3S/c7-5-4(2-1-3-11-5)14-15(12,13)6(8,9)10/h1-3H. The van der Waals surface area contributed by atoms with Crippen LogP contribution in [0.3, 0.4) is 0 Å². The first kappa shape index (κ1) is 12.1. The van der Waals surface area contributed by atoms with Crippen molar-refractivity contribution < 1.29 is 25.8 Å². The van der Waals surface area contributed by atoms with Gasteiger partial charge in [0.15, 0.2) is 10.9 Å². The van der Waals surface area contributed by atoms with Crippen LogP contribution in [0, 0.1) is 0 Å². The maximum atomic E-state index is 11.9. The lowest BCUT2D eigenvalue weighted by Gasteiger charge is -2.09. The second kappa shape index (κ2) is 3.86. The number of pyridine rings is 1. The highest BCUT2D eigenvalue weighted by molar-refractivity contribution is 7.88. The predicted molar refractivity (Wildman–Crippen MR) is 44.8 cm³/mol. The summed E-state index contributed by atoms with van der Waals surface area (Å²) in [5.41, 5.74) is -5.49. The largest absolute Gasteiger partial charge is 0.534 e. The smallest absolute Gasteiger partial charge is 0.373 e. The summed E-state index contributed by atoms with van der Waals surface area (Å²) >= 11 is 5.31. The van der Waals surface area contributed by atoms with E-state index in [1.807, 2.05) is 0 Å². The van der Waals surface area contributed by atoms with Crippen molar-refractivity contribution in [2.24, 2.45) is 0 Å². The molecule has 15 heavy (non-hydrogen) atoms. The average molecular weight is 262 g/mol.